The summed E-state index contributed by atoms with van der Waals surface area (Å²) in [5.41, 5.74) is 4.69. The fraction of sp³-hybridized carbons (Fsp3) is 0.200. The average molecular weight is 271 g/mol. The molecule has 1 heterocycles. The number of rotatable bonds is 1. The number of aryl methyl sites for hydroxylation is 2. The van der Waals surface area contributed by atoms with Crippen molar-refractivity contribution in [2.24, 2.45) is 0 Å². The summed E-state index contributed by atoms with van der Waals surface area (Å²) in [5.74, 6) is 0.849. The monoisotopic (exact) mass is 270 g/mol. The van der Waals surface area contributed by atoms with Crippen molar-refractivity contribution in [2.75, 3.05) is 7.11 Å². The predicted octanol–water partition coefficient (Wildman–Crippen LogP) is 3.38. The van der Waals surface area contributed by atoms with E-state index < -0.39 is 0 Å². The number of hydrogen-bond acceptors (Lipinski definition) is 3. The van der Waals surface area contributed by atoms with E-state index >= 15 is 0 Å². The van der Waals surface area contributed by atoms with Crippen molar-refractivity contribution in [1.82, 2.24) is 4.98 Å². The number of fused-ring (bicyclic) bond motifs is 3. The van der Waals surface area contributed by atoms with Crippen LogP contribution in [0, 0.1) is 11.3 Å². The van der Waals surface area contributed by atoms with Crippen molar-refractivity contribution < 1.29 is 4.74 Å². The van der Waals surface area contributed by atoms with Gasteiger partial charge in [0, 0.05) is 5.56 Å². The summed E-state index contributed by atoms with van der Waals surface area (Å²) in [6, 6.07) is 9.87. The number of nitriles is 1. The molecule has 0 spiro atoms. The fourth-order valence-electron chi connectivity index (χ4n) is 2.44. The molecule has 1 aromatic heterocycles. The van der Waals surface area contributed by atoms with Gasteiger partial charge in [-0.1, -0.05) is 11.6 Å². The molecule has 0 bridgehead atoms. The molecule has 0 fully saturated rings. The largest absolute Gasteiger partial charge is 0.497 e. The van der Waals surface area contributed by atoms with Gasteiger partial charge in [-0.05, 0) is 48.2 Å². The van der Waals surface area contributed by atoms with Crippen molar-refractivity contribution in [3.05, 3.63) is 46.1 Å². The highest BCUT2D eigenvalue weighted by Crippen LogP contribution is 2.35. The van der Waals surface area contributed by atoms with Crippen LogP contribution in [0.15, 0.2) is 24.3 Å². The minimum absolute atomic E-state index is 0.268. The number of methoxy groups -OCH3 is 1. The maximum absolute atomic E-state index is 8.99. The van der Waals surface area contributed by atoms with Crippen LogP contribution in [0.5, 0.6) is 5.75 Å². The first-order valence-electron chi connectivity index (χ1n) is 5.99. The van der Waals surface area contributed by atoms with E-state index in [4.69, 9.17) is 21.6 Å². The second-order valence-electron chi connectivity index (χ2n) is 4.47. The zero-order chi connectivity index (χ0) is 13.4. The lowest BCUT2D eigenvalue weighted by molar-refractivity contribution is 0.414. The molecule has 0 unspecified atom stereocenters. The Hall–Kier alpha value is -2.05. The maximum atomic E-state index is 8.99. The summed E-state index contributed by atoms with van der Waals surface area (Å²) in [7, 11) is 1.66. The lowest BCUT2D eigenvalue weighted by Crippen LogP contribution is -2.07. The standard InChI is InChI=1S/C15H11ClN2O/c1-19-12-4-5-13-9(7-12)2-3-10-6-11(8-17)15(16)18-14(10)13/h4-7H,2-3H2,1H3. The summed E-state index contributed by atoms with van der Waals surface area (Å²) >= 11 is 6.03. The van der Waals surface area contributed by atoms with Crippen molar-refractivity contribution in [1.29, 1.82) is 5.26 Å². The molecule has 3 rings (SSSR count). The molecule has 1 aliphatic rings. The molecule has 19 heavy (non-hydrogen) atoms. The number of nitrogens with zero attached hydrogens (tertiary/aromatic N) is 2. The zero-order valence-corrected chi connectivity index (χ0v) is 11.2. The lowest BCUT2D eigenvalue weighted by Gasteiger charge is -2.20. The molecule has 0 atom stereocenters. The molecule has 3 nitrogen and oxygen atoms in total. The lowest BCUT2D eigenvalue weighted by atomic mass is 9.88. The van der Waals surface area contributed by atoms with Gasteiger partial charge in [-0.2, -0.15) is 5.26 Å². The van der Waals surface area contributed by atoms with Gasteiger partial charge in [-0.25, -0.2) is 4.98 Å². The summed E-state index contributed by atoms with van der Waals surface area (Å²) in [5, 5.41) is 9.26. The van der Waals surface area contributed by atoms with Gasteiger partial charge in [-0.15, -0.1) is 0 Å². The van der Waals surface area contributed by atoms with Crippen LogP contribution in [0.25, 0.3) is 11.3 Å². The Kier molecular flexibility index (Phi) is 2.88. The third-order valence-electron chi connectivity index (χ3n) is 3.41. The molecule has 0 saturated carbocycles. The normalized spacial score (nSPS) is 12.3. The molecule has 2 aromatic rings. The molecule has 94 valence electrons. The zero-order valence-electron chi connectivity index (χ0n) is 10.4. The Morgan fingerprint density at radius 3 is 2.79 bits per heavy atom. The predicted molar refractivity (Wildman–Crippen MR) is 73.4 cm³/mol. The first kappa shape index (κ1) is 12.0. The average Bonchev–Trinajstić information content (AvgIpc) is 2.45. The first-order chi connectivity index (χ1) is 9.22. The SMILES string of the molecule is COc1ccc2c(c1)CCc1cc(C#N)c(Cl)nc1-2. The van der Waals surface area contributed by atoms with Gasteiger partial charge in [0.2, 0.25) is 0 Å². The molecule has 1 aromatic carbocycles. The molecule has 0 N–H and O–H groups in total. The minimum Gasteiger partial charge on any atom is -0.497 e. The molecule has 4 heteroatoms. The van der Waals surface area contributed by atoms with Crippen molar-refractivity contribution >= 4 is 11.6 Å². The van der Waals surface area contributed by atoms with E-state index in [1.54, 1.807) is 7.11 Å². The maximum Gasteiger partial charge on any atom is 0.147 e. The number of pyridine rings is 1. The number of hydrogen-bond donors (Lipinski definition) is 0. The Morgan fingerprint density at radius 2 is 2.05 bits per heavy atom. The molecule has 0 aliphatic heterocycles. The molecule has 0 amide bonds. The number of aromatic nitrogens is 1. The first-order valence-corrected chi connectivity index (χ1v) is 6.37. The van der Waals surface area contributed by atoms with E-state index in [2.05, 4.69) is 11.1 Å². The molecule has 0 radical (unpaired) electrons. The van der Waals surface area contributed by atoms with Gasteiger partial charge in [0.25, 0.3) is 0 Å². The van der Waals surface area contributed by atoms with E-state index in [0.717, 1.165) is 35.4 Å². The topological polar surface area (TPSA) is 45.9 Å². The van der Waals surface area contributed by atoms with E-state index in [1.165, 1.54) is 5.56 Å². The van der Waals surface area contributed by atoms with E-state index in [-0.39, 0.29) is 5.15 Å². The van der Waals surface area contributed by atoms with Gasteiger partial charge >= 0.3 is 0 Å². The van der Waals surface area contributed by atoms with Crippen LogP contribution >= 0.6 is 11.6 Å². The molecule has 0 saturated heterocycles. The van der Waals surface area contributed by atoms with Crippen LogP contribution in [0.1, 0.15) is 16.7 Å². The van der Waals surface area contributed by atoms with Crippen LogP contribution in [0.3, 0.4) is 0 Å². The van der Waals surface area contributed by atoms with Gasteiger partial charge < -0.3 is 4.74 Å². The van der Waals surface area contributed by atoms with Crippen LogP contribution in [0.4, 0.5) is 0 Å². The van der Waals surface area contributed by atoms with Gasteiger partial charge in [0.15, 0.2) is 0 Å². The van der Waals surface area contributed by atoms with E-state index in [9.17, 15) is 0 Å². The second kappa shape index (κ2) is 4.56. The highest BCUT2D eigenvalue weighted by molar-refractivity contribution is 6.30. The Labute approximate surface area is 116 Å². The second-order valence-corrected chi connectivity index (χ2v) is 4.83. The van der Waals surface area contributed by atoms with Crippen LogP contribution < -0.4 is 4.74 Å². The summed E-state index contributed by atoms with van der Waals surface area (Å²) < 4.78 is 5.24. The Bertz CT molecular complexity index is 704. The van der Waals surface area contributed by atoms with Crippen molar-refractivity contribution in [3.8, 4) is 23.1 Å². The fourth-order valence-corrected chi connectivity index (χ4v) is 2.62. The molecular weight excluding hydrogens is 260 g/mol. The summed E-state index contributed by atoms with van der Waals surface area (Å²) in [6.45, 7) is 0. The molecule has 1 aliphatic carbocycles. The number of ether oxygens (including phenoxy) is 1. The van der Waals surface area contributed by atoms with Crippen LogP contribution in [-0.2, 0) is 12.8 Å². The van der Waals surface area contributed by atoms with Crippen molar-refractivity contribution in [2.45, 2.75) is 12.8 Å². The number of halogens is 1. The van der Waals surface area contributed by atoms with Crippen LogP contribution in [-0.4, -0.2) is 12.1 Å². The quantitative estimate of drug-likeness (QED) is 0.746. The van der Waals surface area contributed by atoms with Crippen LogP contribution in [0.2, 0.25) is 5.15 Å². The smallest absolute Gasteiger partial charge is 0.147 e. The summed E-state index contributed by atoms with van der Waals surface area (Å²) in [6.07, 6.45) is 1.79. The third kappa shape index (κ3) is 1.94. The highest BCUT2D eigenvalue weighted by atomic mass is 35.5. The third-order valence-corrected chi connectivity index (χ3v) is 3.69. The highest BCUT2D eigenvalue weighted by Gasteiger charge is 2.20. The van der Waals surface area contributed by atoms with Gasteiger partial charge in [-0.3, -0.25) is 0 Å². The van der Waals surface area contributed by atoms with Crippen molar-refractivity contribution in [3.63, 3.8) is 0 Å². The van der Waals surface area contributed by atoms with E-state index in [0.29, 0.717) is 5.56 Å². The molecular formula is C15H11ClN2O. The van der Waals surface area contributed by atoms with E-state index in [1.807, 2.05) is 24.3 Å². The minimum atomic E-state index is 0.268. The summed E-state index contributed by atoms with van der Waals surface area (Å²) in [4.78, 5) is 4.38. The van der Waals surface area contributed by atoms with Gasteiger partial charge in [0.1, 0.15) is 17.0 Å². The number of benzene rings is 1. The Balaban J connectivity index is 2.19. The van der Waals surface area contributed by atoms with Gasteiger partial charge in [0.05, 0.1) is 18.4 Å². The Morgan fingerprint density at radius 1 is 1.26 bits per heavy atom.